The number of amides is 1. The van der Waals surface area contributed by atoms with E-state index in [9.17, 15) is 14.4 Å². The number of carbonyl (C=O) groups excluding carboxylic acids is 3. The number of likely N-dealkylation sites (N-methyl/N-ethyl adjacent to an activating group) is 1. The summed E-state index contributed by atoms with van der Waals surface area (Å²) in [4.78, 5) is 40.9. The summed E-state index contributed by atoms with van der Waals surface area (Å²) in [7, 11) is 1.96. The molecule has 0 bridgehead atoms. The number of aromatic nitrogens is 4. The molecule has 0 fully saturated rings. The van der Waals surface area contributed by atoms with Crippen molar-refractivity contribution in [3.8, 4) is 5.69 Å². The van der Waals surface area contributed by atoms with Crippen molar-refractivity contribution in [3.63, 3.8) is 0 Å². The van der Waals surface area contributed by atoms with Crippen LogP contribution in [0.5, 0.6) is 0 Å². The van der Waals surface area contributed by atoms with E-state index in [1.807, 2.05) is 49.2 Å². The van der Waals surface area contributed by atoms with Crippen molar-refractivity contribution >= 4 is 35.3 Å². The number of rotatable bonds is 14. The fraction of sp³-hybridized carbons (Fsp3) is 0.250. The van der Waals surface area contributed by atoms with E-state index in [0.717, 1.165) is 17.7 Å². The zero-order chi connectivity index (χ0) is 30.6. The number of ketones is 1. The highest BCUT2D eigenvalue weighted by molar-refractivity contribution is 6.30. The number of hydrogen-bond donors (Lipinski definition) is 1. The largest absolute Gasteiger partial charge is 0.461 e. The van der Waals surface area contributed by atoms with Crippen LogP contribution < -0.4 is 5.32 Å². The number of nitrogens with zero attached hydrogens (tertiary/aromatic N) is 5. The molecule has 0 saturated heterocycles. The van der Waals surface area contributed by atoms with Crippen LogP contribution in [0.25, 0.3) is 11.8 Å². The highest BCUT2D eigenvalue weighted by Gasteiger charge is 2.21. The highest BCUT2D eigenvalue weighted by Crippen LogP contribution is 2.20. The molecule has 4 aromatic rings. The smallest absolute Gasteiger partial charge is 0.338 e. The molecule has 0 spiro atoms. The van der Waals surface area contributed by atoms with E-state index in [1.54, 1.807) is 48.5 Å². The van der Waals surface area contributed by atoms with Gasteiger partial charge in [-0.3, -0.25) is 9.59 Å². The first-order valence-electron chi connectivity index (χ1n) is 13.8. The normalized spacial score (nSPS) is 11.9. The third kappa shape index (κ3) is 9.42. The molecule has 0 saturated carbocycles. The van der Waals surface area contributed by atoms with Crippen LogP contribution >= 0.6 is 11.6 Å². The molecule has 1 heterocycles. The number of hydrogen-bond acceptors (Lipinski definition) is 8. The Labute approximate surface area is 255 Å². The van der Waals surface area contributed by atoms with Gasteiger partial charge in [-0.25, -0.2) is 4.79 Å². The van der Waals surface area contributed by atoms with Gasteiger partial charge in [0.2, 0.25) is 5.91 Å². The zero-order valence-corrected chi connectivity index (χ0v) is 24.8. The Morgan fingerprint density at radius 2 is 1.81 bits per heavy atom. The van der Waals surface area contributed by atoms with Crippen molar-refractivity contribution in [1.29, 1.82) is 0 Å². The average molecular weight is 601 g/mol. The molecule has 0 radical (unpaired) electrons. The lowest BCUT2D eigenvalue weighted by Gasteiger charge is -2.17. The number of halogens is 1. The molecule has 0 unspecified atom stereocenters. The van der Waals surface area contributed by atoms with E-state index >= 15 is 0 Å². The Morgan fingerprint density at radius 1 is 1.05 bits per heavy atom. The second-order valence-electron chi connectivity index (χ2n) is 9.91. The van der Waals surface area contributed by atoms with Crippen molar-refractivity contribution in [1.82, 2.24) is 30.4 Å². The number of benzene rings is 3. The van der Waals surface area contributed by atoms with Gasteiger partial charge in [-0.2, -0.15) is 4.68 Å². The van der Waals surface area contributed by atoms with Gasteiger partial charge in [-0.05, 0) is 78.0 Å². The van der Waals surface area contributed by atoms with Crippen LogP contribution in [0, 0.1) is 0 Å². The first-order chi connectivity index (χ1) is 20.8. The molecular weight excluding hydrogens is 568 g/mol. The maximum Gasteiger partial charge on any atom is 0.338 e. The summed E-state index contributed by atoms with van der Waals surface area (Å²) in [5.41, 5.74) is 3.30. The topological polar surface area (TPSA) is 119 Å². The average Bonchev–Trinajstić information content (AvgIpc) is 3.55. The molecular formula is C32H33ClN6O4. The standard InChI is InChI=1S/C32H33ClN6O4/c1-3-38(2)17-18-43-32(42)25-11-9-24(10-12-25)20-30(40)28(19-23-7-5-4-6-8-23)35-31(41)16-13-26-21-27(33)14-15-29(26)39-22-34-36-37-39/h4-16,21-22,28H,3,17-20H2,1-2H3,(H,35,41)/b16-13+/t28-/m0/s1. The number of esters is 1. The summed E-state index contributed by atoms with van der Waals surface area (Å²) >= 11 is 6.19. The molecule has 0 aliphatic heterocycles. The Kier molecular flexibility index (Phi) is 11.3. The van der Waals surface area contributed by atoms with Gasteiger partial charge in [-0.1, -0.05) is 61.0 Å². The van der Waals surface area contributed by atoms with Gasteiger partial charge in [0.1, 0.15) is 12.9 Å². The van der Waals surface area contributed by atoms with E-state index in [0.29, 0.717) is 41.4 Å². The molecule has 11 heteroatoms. The number of carbonyl (C=O) groups is 3. The van der Waals surface area contributed by atoms with Crippen LogP contribution in [0.15, 0.2) is 85.2 Å². The fourth-order valence-corrected chi connectivity index (χ4v) is 4.42. The Balaban J connectivity index is 1.44. The first kappa shape index (κ1) is 31.3. The summed E-state index contributed by atoms with van der Waals surface area (Å²) in [5, 5.41) is 14.6. The number of tetrazole rings is 1. The van der Waals surface area contributed by atoms with Gasteiger partial charge in [0, 0.05) is 29.6 Å². The van der Waals surface area contributed by atoms with E-state index in [1.165, 1.54) is 17.1 Å². The second-order valence-corrected chi connectivity index (χ2v) is 10.4. The van der Waals surface area contributed by atoms with Crippen LogP contribution in [0.2, 0.25) is 5.02 Å². The lowest BCUT2D eigenvalue weighted by molar-refractivity contribution is -0.125. The van der Waals surface area contributed by atoms with Gasteiger partial charge in [-0.15, -0.1) is 5.10 Å². The van der Waals surface area contributed by atoms with Gasteiger partial charge >= 0.3 is 5.97 Å². The third-order valence-corrected chi connectivity index (χ3v) is 7.04. The van der Waals surface area contributed by atoms with Crippen LogP contribution in [-0.2, 0) is 27.2 Å². The molecule has 222 valence electrons. The quantitative estimate of drug-likeness (QED) is 0.171. The minimum Gasteiger partial charge on any atom is -0.461 e. The molecule has 1 N–H and O–H groups in total. The van der Waals surface area contributed by atoms with E-state index in [4.69, 9.17) is 16.3 Å². The van der Waals surface area contributed by atoms with Crippen molar-refractivity contribution in [2.24, 2.45) is 0 Å². The predicted molar refractivity (Wildman–Crippen MR) is 164 cm³/mol. The highest BCUT2D eigenvalue weighted by atomic mass is 35.5. The van der Waals surface area contributed by atoms with E-state index in [2.05, 4.69) is 20.8 Å². The van der Waals surface area contributed by atoms with Gasteiger partial charge in [0.15, 0.2) is 5.78 Å². The minimum absolute atomic E-state index is 0.0792. The fourth-order valence-electron chi connectivity index (χ4n) is 4.24. The van der Waals surface area contributed by atoms with Crippen molar-refractivity contribution in [2.75, 3.05) is 26.7 Å². The Hall–Kier alpha value is -4.67. The second kappa shape index (κ2) is 15.5. The molecule has 1 aromatic heterocycles. The third-order valence-electron chi connectivity index (χ3n) is 6.80. The minimum atomic E-state index is -0.780. The predicted octanol–water partition coefficient (Wildman–Crippen LogP) is 3.98. The monoisotopic (exact) mass is 600 g/mol. The van der Waals surface area contributed by atoms with Gasteiger partial charge < -0.3 is 15.0 Å². The Morgan fingerprint density at radius 3 is 2.51 bits per heavy atom. The molecule has 3 aromatic carbocycles. The molecule has 0 aliphatic rings. The van der Waals surface area contributed by atoms with Gasteiger partial charge in [0.05, 0.1) is 17.3 Å². The van der Waals surface area contributed by atoms with Crippen LogP contribution in [0.4, 0.5) is 0 Å². The van der Waals surface area contributed by atoms with Crippen molar-refractivity contribution in [2.45, 2.75) is 25.8 Å². The Bertz CT molecular complexity index is 1540. The molecule has 43 heavy (non-hydrogen) atoms. The van der Waals surface area contributed by atoms with Crippen molar-refractivity contribution in [3.05, 3.63) is 112 Å². The van der Waals surface area contributed by atoms with Crippen molar-refractivity contribution < 1.29 is 19.1 Å². The molecule has 0 aliphatic carbocycles. The summed E-state index contributed by atoms with van der Waals surface area (Å²) in [6, 6.07) is 20.6. The zero-order valence-electron chi connectivity index (χ0n) is 24.0. The number of Topliss-reactive ketones (excluding diaryl/α,β-unsaturated/α-hetero) is 1. The summed E-state index contributed by atoms with van der Waals surface area (Å²) in [6.07, 6.45) is 4.79. The summed E-state index contributed by atoms with van der Waals surface area (Å²) < 4.78 is 6.80. The van der Waals surface area contributed by atoms with E-state index in [-0.39, 0.29) is 12.2 Å². The number of nitrogens with one attached hydrogen (secondary N) is 1. The maximum atomic E-state index is 13.5. The lowest BCUT2D eigenvalue weighted by atomic mass is 9.97. The van der Waals surface area contributed by atoms with Gasteiger partial charge in [0.25, 0.3) is 0 Å². The van der Waals surface area contributed by atoms with E-state index < -0.39 is 17.9 Å². The first-order valence-corrected chi connectivity index (χ1v) is 14.2. The summed E-state index contributed by atoms with van der Waals surface area (Å²) in [6.45, 7) is 3.85. The lowest BCUT2D eigenvalue weighted by Crippen LogP contribution is -2.42. The molecule has 1 atom stereocenters. The molecule has 10 nitrogen and oxygen atoms in total. The molecule has 1 amide bonds. The van der Waals surface area contributed by atoms with Crippen LogP contribution in [-0.4, -0.2) is 75.6 Å². The SMILES string of the molecule is CCN(C)CCOC(=O)c1ccc(CC(=O)[C@H](Cc2ccccc2)NC(=O)/C=C/c2cc(Cl)ccc2-n2cnnn2)cc1. The van der Waals surface area contributed by atoms with Crippen LogP contribution in [0.1, 0.15) is 34.0 Å². The number of ether oxygens (including phenoxy) is 1. The molecule has 4 rings (SSSR count). The maximum absolute atomic E-state index is 13.5. The van der Waals surface area contributed by atoms with Crippen LogP contribution in [0.3, 0.4) is 0 Å². The summed E-state index contributed by atoms with van der Waals surface area (Å²) in [5.74, 6) is -1.02.